The number of piperidine rings is 1. The summed E-state index contributed by atoms with van der Waals surface area (Å²) in [6.07, 6.45) is 8.64. The van der Waals surface area contributed by atoms with Crippen molar-refractivity contribution in [2.24, 2.45) is 5.92 Å². The molecule has 3 unspecified atom stereocenters. The zero-order valence-corrected chi connectivity index (χ0v) is 12.2. The molecule has 1 amide bonds. The van der Waals surface area contributed by atoms with Crippen molar-refractivity contribution in [1.29, 1.82) is 0 Å². The number of Topliss-reactive ketones (excluding diaryl/α,β-unsaturated/α-hetero) is 1. The quantitative estimate of drug-likeness (QED) is 0.779. The number of nitrogens with zero attached hydrogens (tertiary/aromatic N) is 1. The van der Waals surface area contributed by atoms with Crippen LogP contribution in [0.1, 0.15) is 57.8 Å². The van der Waals surface area contributed by atoms with E-state index >= 15 is 0 Å². The third-order valence-corrected chi connectivity index (χ3v) is 5.10. The second-order valence-electron chi connectivity index (χ2n) is 6.42. The van der Waals surface area contributed by atoms with E-state index in [1.165, 1.54) is 0 Å². The molecule has 0 spiro atoms. The molecule has 3 aliphatic rings. The molecule has 4 heteroatoms. The number of carbonyl (C=O) groups is 2. The zero-order chi connectivity index (χ0) is 13.9. The van der Waals surface area contributed by atoms with Gasteiger partial charge in [0.1, 0.15) is 11.9 Å². The van der Waals surface area contributed by atoms with Gasteiger partial charge >= 0.3 is 0 Å². The summed E-state index contributed by atoms with van der Waals surface area (Å²) in [6, 6.07) is 0.147. The van der Waals surface area contributed by atoms with Crippen LogP contribution in [-0.2, 0) is 14.3 Å². The van der Waals surface area contributed by atoms with Gasteiger partial charge in [-0.05, 0) is 44.9 Å². The van der Waals surface area contributed by atoms with E-state index in [1.807, 2.05) is 4.90 Å². The van der Waals surface area contributed by atoms with E-state index in [-0.39, 0.29) is 24.0 Å². The van der Waals surface area contributed by atoms with Gasteiger partial charge in [0.2, 0.25) is 0 Å². The summed E-state index contributed by atoms with van der Waals surface area (Å²) in [4.78, 5) is 26.9. The molecule has 3 atom stereocenters. The van der Waals surface area contributed by atoms with Crippen molar-refractivity contribution in [3.05, 3.63) is 0 Å². The predicted molar refractivity (Wildman–Crippen MR) is 75.3 cm³/mol. The maximum Gasteiger partial charge on any atom is 0.251 e. The number of likely N-dealkylation sites (tertiary alicyclic amines) is 1. The van der Waals surface area contributed by atoms with Crippen LogP contribution >= 0.6 is 0 Å². The molecule has 1 aliphatic carbocycles. The second-order valence-corrected chi connectivity index (χ2v) is 6.42. The van der Waals surface area contributed by atoms with Gasteiger partial charge in [0.15, 0.2) is 0 Å². The van der Waals surface area contributed by atoms with Gasteiger partial charge in [-0.15, -0.1) is 0 Å². The van der Waals surface area contributed by atoms with E-state index in [4.69, 9.17) is 4.74 Å². The molecular formula is C16H25NO3. The number of hydrogen-bond acceptors (Lipinski definition) is 3. The van der Waals surface area contributed by atoms with Crippen molar-refractivity contribution in [3.63, 3.8) is 0 Å². The van der Waals surface area contributed by atoms with Crippen LogP contribution in [0.5, 0.6) is 0 Å². The van der Waals surface area contributed by atoms with E-state index in [1.54, 1.807) is 0 Å². The lowest BCUT2D eigenvalue weighted by Gasteiger charge is -2.42. The summed E-state index contributed by atoms with van der Waals surface area (Å²) in [6.45, 7) is 1.52. The smallest absolute Gasteiger partial charge is 0.251 e. The van der Waals surface area contributed by atoms with Crippen LogP contribution in [-0.4, -0.2) is 41.9 Å². The molecule has 2 saturated heterocycles. The van der Waals surface area contributed by atoms with Crippen molar-refractivity contribution in [3.8, 4) is 0 Å². The van der Waals surface area contributed by atoms with E-state index in [9.17, 15) is 9.59 Å². The first-order chi connectivity index (χ1) is 9.77. The lowest BCUT2D eigenvalue weighted by Crippen LogP contribution is -2.53. The normalized spacial score (nSPS) is 35.3. The molecule has 3 rings (SSSR count). The van der Waals surface area contributed by atoms with Gasteiger partial charge in [-0.3, -0.25) is 9.59 Å². The van der Waals surface area contributed by atoms with Gasteiger partial charge < -0.3 is 9.64 Å². The van der Waals surface area contributed by atoms with Crippen LogP contribution < -0.4 is 0 Å². The molecule has 0 N–H and O–H groups in total. The Balaban J connectivity index is 1.72. The largest absolute Gasteiger partial charge is 0.368 e. The molecule has 0 radical (unpaired) electrons. The molecule has 20 heavy (non-hydrogen) atoms. The fourth-order valence-electron chi connectivity index (χ4n) is 4.02. The fourth-order valence-corrected chi connectivity index (χ4v) is 4.02. The highest BCUT2D eigenvalue weighted by atomic mass is 16.5. The summed E-state index contributed by atoms with van der Waals surface area (Å²) < 4.78 is 5.55. The van der Waals surface area contributed by atoms with Crippen LogP contribution in [0.2, 0.25) is 0 Å². The van der Waals surface area contributed by atoms with Crippen LogP contribution in [0.15, 0.2) is 0 Å². The van der Waals surface area contributed by atoms with Crippen LogP contribution in [0.25, 0.3) is 0 Å². The Morgan fingerprint density at radius 3 is 2.65 bits per heavy atom. The number of rotatable bonds is 2. The second kappa shape index (κ2) is 6.25. The maximum absolute atomic E-state index is 12.6. The summed E-state index contributed by atoms with van der Waals surface area (Å²) >= 11 is 0. The number of carbonyl (C=O) groups excluding carboxylic acids is 2. The number of ether oxygens (including phenoxy) is 1. The highest BCUT2D eigenvalue weighted by Crippen LogP contribution is 2.33. The lowest BCUT2D eigenvalue weighted by molar-refractivity contribution is -0.148. The average molecular weight is 279 g/mol. The molecule has 4 nitrogen and oxygen atoms in total. The Bertz CT molecular complexity index is 376. The predicted octanol–water partition coefficient (Wildman–Crippen LogP) is 2.31. The molecule has 0 aromatic carbocycles. The topological polar surface area (TPSA) is 46.6 Å². The van der Waals surface area contributed by atoms with Crippen LogP contribution in [0.3, 0.4) is 0 Å². The Morgan fingerprint density at radius 2 is 1.90 bits per heavy atom. The van der Waals surface area contributed by atoms with Gasteiger partial charge in [0.05, 0.1) is 0 Å². The molecule has 2 aliphatic heterocycles. The third-order valence-electron chi connectivity index (χ3n) is 5.10. The SMILES string of the molecule is O=C1CCCCC1C1CCCCN1C(=O)C1CCCO1. The Labute approximate surface area is 120 Å². The monoisotopic (exact) mass is 279 g/mol. The molecule has 1 saturated carbocycles. The van der Waals surface area contributed by atoms with Crippen molar-refractivity contribution in [2.45, 2.75) is 69.9 Å². The highest BCUT2D eigenvalue weighted by Gasteiger charge is 2.40. The molecule has 0 aromatic heterocycles. The summed E-state index contributed by atoms with van der Waals surface area (Å²) in [5.41, 5.74) is 0. The van der Waals surface area contributed by atoms with E-state index < -0.39 is 0 Å². The molecular weight excluding hydrogens is 254 g/mol. The van der Waals surface area contributed by atoms with Crippen molar-refractivity contribution in [1.82, 2.24) is 4.90 Å². The first kappa shape index (κ1) is 14.1. The lowest BCUT2D eigenvalue weighted by atomic mass is 9.79. The summed E-state index contributed by atoms with van der Waals surface area (Å²) in [7, 11) is 0. The maximum atomic E-state index is 12.6. The third kappa shape index (κ3) is 2.76. The zero-order valence-electron chi connectivity index (χ0n) is 12.2. The van der Waals surface area contributed by atoms with E-state index in [0.717, 1.165) is 57.9 Å². The van der Waals surface area contributed by atoms with Crippen molar-refractivity contribution in [2.75, 3.05) is 13.2 Å². The van der Waals surface area contributed by atoms with Gasteiger partial charge in [-0.25, -0.2) is 0 Å². The average Bonchev–Trinajstić information content (AvgIpc) is 3.01. The van der Waals surface area contributed by atoms with Gasteiger partial charge in [0, 0.05) is 31.5 Å². The first-order valence-electron chi connectivity index (χ1n) is 8.22. The number of ketones is 1. The van der Waals surface area contributed by atoms with Crippen molar-refractivity contribution < 1.29 is 14.3 Å². The van der Waals surface area contributed by atoms with Crippen LogP contribution in [0, 0.1) is 5.92 Å². The Hall–Kier alpha value is -0.900. The number of hydrogen-bond donors (Lipinski definition) is 0. The Morgan fingerprint density at radius 1 is 1.05 bits per heavy atom. The number of amides is 1. The first-order valence-corrected chi connectivity index (χ1v) is 8.22. The van der Waals surface area contributed by atoms with Crippen LogP contribution in [0.4, 0.5) is 0 Å². The molecule has 0 aromatic rings. The van der Waals surface area contributed by atoms with E-state index in [2.05, 4.69) is 0 Å². The fraction of sp³-hybridized carbons (Fsp3) is 0.875. The summed E-state index contributed by atoms with van der Waals surface area (Å²) in [5.74, 6) is 0.619. The highest BCUT2D eigenvalue weighted by molar-refractivity contribution is 5.85. The minimum Gasteiger partial charge on any atom is -0.368 e. The standard InChI is InChI=1S/C16H25NO3/c18-14-8-2-1-6-12(14)13-7-3-4-10-17(13)16(19)15-9-5-11-20-15/h12-13,15H,1-11H2. The van der Waals surface area contributed by atoms with Gasteiger partial charge in [0.25, 0.3) is 5.91 Å². The minimum absolute atomic E-state index is 0.0920. The molecule has 2 heterocycles. The van der Waals surface area contributed by atoms with Gasteiger partial charge in [-0.1, -0.05) is 6.42 Å². The molecule has 112 valence electrons. The summed E-state index contributed by atoms with van der Waals surface area (Å²) in [5, 5.41) is 0. The van der Waals surface area contributed by atoms with E-state index in [0.29, 0.717) is 18.8 Å². The molecule has 3 fully saturated rings. The minimum atomic E-state index is -0.241. The Kier molecular flexibility index (Phi) is 4.39. The molecule has 0 bridgehead atoms. The van der Waals surface area contributed by atoms with Crippen molar-refractivity contribution >= 4 is 11.7 Å². The van der Waals surface area contributed by atoms with Gasteiger partial charge in [-0.2, -0.15) is 0 Å².